The minimum atomic E-state index is -4.27. The Morgan fingerprint density at radius 3 is 2.09 bits per heavy atom. The van der Waals surface area contributed by atoms with E-state index in [0.29, 0.717) is 5.02 Å². The lowest BCUT2D eigenvalue weighted by Crippen LogP contribution is -2.56. The lowest BCUT2D eigenvalue weighted by Gasteiger charge is -2.35. The van der Waals surface area contributed by atoms with Gasteiger partial charge in [0.2, 0.25) is 11.8 Å². The van der Waals surface area contributed by atoms with Crippen molar-refractivity contribution in [3.05, 3.63) is 131 Å². The Hall–Kier alpha value is -4.21. The highest BCUT2D eigenvalue weighted by Crippen LogP contribution is 2.29. The maximum Gasteiger partial charge on any atom is 0.264 e. The first-order valence-electron chi connectivity index (χ1n) is 14.5. The van der Waals surface area contributed by atoms with Crippen LogP contribution < -0.4 is 9.62 Å². The smallest absolute Gasteiger partial charge is 0.264 e. The van der Waals surface area contributed by atoms with Crippen molar-refractivity contribution in [2.75, 3.05) is 10.8 Å². The Bertz CT molecular complexity index is 1750. The Labute approximate surface area is 269 Å². The molecule has 0 saturated heterocycles. The van der Waals surface area contributed by atoms with Gasteiger partial charge in [0.1, 0.15) is 18.4 Å². The van der Waals surface area contributed by atoms with Gasteiger partial charge < -0.3 is 10.2 Å². The molecule has 0 aromatic heterocycles. The van der Waals surface area contributed by atoms with Gasteiger partial charge in [-0.15, -0.1) is 0 Å². The Kier molecular flexibility index (Phi) is 10.7. The second kappa shape index (κ2) is 14.3. The number of carbonyl (C=O) groups is 2. The molecule has 7 nitrogen and oxygen atoms in total. The summed E-state index contributed by atoms with van der Waals surface area (Å²) in [5.41, 5.74) is 1.22. The third-order valence-electron chi connectivity index (χ3n) is 7.12. The van der Waals surface area contributed by atoms with Crippen molar-refractivity contribution in [2.45, 2.75) is 57.1 Å². The van der Waals surface area contributed by atoms with Gasteiger partial charge in [0.15, 0.2) is 0 Å². The Morgan fingerprint density at radius 2 is 1.49 bits per heavy atom. The molecule has 0 fully saturated rings. The zero-order valence-electron chi connectivity index (χ0n) is 25.7. The van der Waals surface area contributed by atoms with Crippen LogP contribution >= 0.6 is 11.6 Å². The predicted octanol–water partition coefficient (Wildman–Crippen LogP) is 6.54. The lowest BCUT2D eigenvalue weighted by atomic mass is 10.0. The standard InChI is InChI=1S/C35H37ClFN3O4S/c1-25-19-20-28(22-30(25)36)40(45(43,44)29-16-9-6-10-17-29)24-33(41)39(23-27-15-11-12-18-31(27)37)32(34(42)38-35(2,3)4)21-26-13-7-5-8-14-26/h5-20,22,32H,21,23-24H2,1-4H3,(H,38,42)/t32-/m0/s1. The van der Waals surface area contributed by atoms with Gasteiger partial charge in [0, 0.05) is 29.1 Å². The molecule has 0 unspecified atom stereocenters. The molecule has 0 heterocycles. The first kappa shape index (κ1) is 33.7. The van der Waals surface area contributed by atoms with Crippen LogP contribution in [0.2, 0.25) is 5.02 Å². The SMILES string of the molecule is Cc1ccc(N(CC(=O)N(Cc2ccccc2F)[C@@H](Cc2ccccc2)C(=O)NC(C)(C)C)S(=O)(=O)c2ccccc2)cc1Cl. The number of rotatable bonds is 11. The molecule has 4 aromatic rings. The summed E-state index contributed by atoms with van der Waals surface area (Å²) in [6, 6.07) is 26.5. The molecule has 0 spiro atoms. The lowest BCUT2D eigenvalue weighted by molar-refractivity contribution is -0.140. The highest BCUT2D eigenvalue weighted by molar-refractivity contribution is 7.92. The minimum Gasteiger partial charge on any atom is -0.350 e. The van der Waals surface area contributed by atoms with E-state index >= 15 is 4.39 Å². The zero-order valence-corrected chi connectivity index (χ0v) is 27.3. The van der Waals surface area contributed by atoms with Crippen LogP contribution in [0.4, 0.5) is 10.1 Å². The fourth-order valence-electron chi connectivity index (χ4n) is 4.80. The van der Waals surface area contributed by atoms with Gasteiger partial charge in [-0.3, -0.25) is 13.9 Å². The summed E-state index contributed by atoms with van der Waals surface area (Å²) < 4.78 is 44.1. The van der Waals surface area contributed by atoms with Gasteiger partial charge in [-0.05, 0) is 69.2 Å². The highest BCUT2D eigenvalue weighted by Gasteiger charge is 2.36. The molecule has 236 valence electrons. The fourth-order valence-corrected chi connectivity index (χ4v) is 6.40. The van der Waals surface area contributed by atoms with E-state index in [1.165, 1.54) is 41.3 Å². The molecule has 0 aliphatic carbocycles. The van der Waals surface area contributed by atoms with Crippen LogP contribution in [0.5, 0.6) is 0 Å². The third-order valence-corrected chi connectivity index (χ3v) is 9.32. The number of hydrogen-bond donors (Lipinski definition) is 1. The monoisotopic (exact) mass is 649 g/mol. The first-order chi connectivity index (χ1) is 21.3. The van der Waals surface area contributed by atoms with E-state index in [0.717, 1.165) is 15.4 Å². The molecule has 0 bridgehead atoms. The number of carbonyl (C=O) groups excluding carboxylic acids is 2. The summed E-state index contributed by atoms with van der Waals surface area (Å²) in [4.78, 5) is 29.6. The Morgan fingerprint density at radius 1 is 0.889 bits per heavy atom. The van der Waals surface area contributed by atoms with Crippen LogP contribution in [0.3, 0.4) is 0 Å². The van der Waals surface area contributed by atoms with E-state index in [1.807, 2.05) is 51.1 Å². The highest BCUT2D eigenvalue weighted by atomic mass is 35.5. The van der Waals surface area contributed by atoms with Gasteiger partial charge in [-0.25, -0.2) is 12.8 Å². The van der Waals surface area contributed by atoms with Gasteiger partial charge in [0.25, 0.3) is 10.0 Å². The van der Waals surface area contributed by atoms with E-state index in [2.05, 4.69) is 5.32 Å². The summed E-state index contributed by atoms with van der Waals surface area (Å²) in [5, 5.41) is 3.28. The zero-order chi connectivity index (χ0) is 32.8. The van der Waals surface area contributed by atoms with E-state index in [1.54, 1.807) is 43.3 Å². The van der Waals surface area contributed by atoms with Crippen molar-refractivity contribution in [1.82, 2.24) is 10.2 Å². The van der Waals surface area contributed by atoms with Crippen LogP contribution in [0.1, 0.15) is 37.5 Å². The van der Waals surface area contributed by atoms with E-state index in [-0.39, 0.29) is 29.1 Å². The van der Waals surface area contributed by atoms with Crippen molar-refractivity contribution >= 4 is 39.1 Å². The molecular formula is C35H37ClFN3O4S. The average molecular weight is 650 g/mol. The van der Waals surface area contributed by atoms with Gasteiger partial charge in [0.05, 0.1) is 10.6 Å². The minimum absolute atomic E-state index is 0.0264. The second-order valence-corrected chi connectivity index (χ2v) is 14.1. The maximum atomic E-state index is 15.0. The van der Waals surface area contributed by atoms with Crippen molar-refractivity contribution in [1.29, 1.82) is 0 Å². The quantitative estimate of drug-likeness (QED) is 0.200. The maximum absolute atomic E-state index is 15.0. The summed E-state index contributed by atoms with van der Waals surface area (Å²) in [7, 11) is -4.27. The summed E-state index contributed by atoms with van der Waals surface area (Å²) in [5.74, 6) is -1.70. The largest absolute Gasteiger partial charge is 0.350 e. The molecular weight excluding hydrogens is 613 g/mol. The first-order valence-corrected chi connectivity index (χ1v) is 16.3. The van der Waals surface area contributed by atoms with Crippen molar-refractivity contribution in [2.24, 2.45) is 0 Å². The number of halogens is 2. The van der Waals surface area contributed by atoms with Crippen LogP contribution in [0, 0.1) is 12.7 Å². The van der Waals surface area contributed by atoms with Crippen molar-refractivity contribution < 1.29 is 22.4 Å². The van der Waals surface area contributed by atoms with Crippen molar-refractivity contribution in [3.8, 4) is 0 Å². The molecule has 1 atom stereocenters. The van der Waals surface area contributed by atoms with Crippen LogP contribution in [0.25, 0.3) is 0 Å². The van der Waals surface area contributed by atoms with Gasteiger partial charge >= 0.3 is 0 Å². The summed E-state index contributed by atoms with van der Waals surface area (Å²) >= 11 is 6.41. The normalized spacial score (nSPS) is 12.3. The van der Waals surface area contributed by atoms with Crippen LogP contribution in [-0.4, -0.2) is 43.3 Å². The van der Waals surface area contributed by atoms with E-state index in [4.69, 9.17) is 11.6 Å². The Balaban J connectivity index is 1.84. The van der Waals surface area contributed by atoms with E-state index in [9.17, 15) is 18.0 Å². The number of sulfonamides is 1. The molecule has 4 rings (SSSR count). The molecule has 1 N–H and O–H groups in total. The number of aryl methyl sites for hydroxylation is 1. The molecule has 2 amide bonds. The average Bonchev–Trinajstić information content (AvgIpc) is 3.00. The molecule has 0 aliphatic rings. The van der Waals surface area contributed by atoms with E-state index < -0.39 is 45.8 Å². The molecule has 0 aliphatic heterocycles. The topological polar surface area (TPSA) is 86.8 Å². The number of amides is 2. The molecule has 4 aromatic carbocycles. The summed E-state index contributed by atoms with van der Waals surface area (Å²) in [6.45, 7) is 6.31. The second-order valence-electron chi connectivity index (χ2n) is 11.8. The number of anilines is 1. The number of hydrogen-bond acceptors (Lipinski definition) is 4. The molecule has 10 heteroatoms. The van der Waals surface area contributed by atoms with Gasteiger partial charge in [-0.1, -0.05) is 84.4 Å². The molecule has 0 saturated carbocycles. The number of benzene rings is 4. The molecule has 0 radical (unpaired) electrons. The number of nitrogens with one attached hydrogen (secondary N) is 1. The van der Waals surface area contributed by atoms with Crippen LogP contribution in [-0.2, 0) is 32.6 Å². The van der Waals surface area contributed by atoms with Crippen molar-refractivity contribution in [3.63, 3.8) is 0 Å². The van der Waals surface area contributed by atoms with Gasteiger partial charge in [-0.2, -0.15) is 0 Å². The number of nitrogens with zero attached hydrogens (tertiary/aromatic N) is 2. The molecule has 45 heavy (non-hydrogen) atoms. The summed E-state index contributed by atoms with van der Waals surface area (Å²) in [6.07, 6.45) is 0.116. The predicted molar refractivity (Wildman–Crippen MR) is 176 cm³/mol. The van der Waals surface area contributed by atoms with Crippen LogP contribution in [0.15, 0.2) is 108 Å². The fraction of sp³-hybridized carbons (Fsp3) is 0.257. The third kappa shape index (κ3) is 8.71.